The fraction of sp³-hybridized carbons (Fsp3) is 0.824. The predicted molar refractivity (Wildman–Crippen MR) is 87.2 cm³/mol. The normalized spacial score (nSPS) is 24.9. The van der Waals surface area contributed by atoms with Gasteiger partial charge < -0.3 is 19.3 Å². The molecule has 2 amide bonds. The van der Waals surface area contributed by atoms with Crippen molar-refractivity contribution in [3.63, 3.8) is 0 Å². The van der Waals surface area contributed by atoms with Crippen LogP contribution >= 0.6 is 0 Å². The third-order valence-electron chi connectivity index (χ3n) is 4.40. The Morgan fingerprint density at radius 3 is 2.58 bits per heavy atom. The molecule has 7 nitrogen and oxygen atoms in total. The molecule has 136 valence electrons. The van der Waals surface area contributed by atoms with Gasteiger partial charge in [-0.25, -0.2) is 4.79 Å². The molecular formula is C17H28N2O5. The van der Waals surface area contributed by atoms with Crippen LogP contribution in [0.1, 0.15) is 40.0 Å². The van der Waals surface area contributed by atoms with E-state index in [0.717, 1.165) is 12.8 Å². The van der Waals surface area contributed by atoms with Gasteiger partial charge in [-0.3, -0.25) is 9.59 Å². The van der Waals surface area contributed by atoms with Crippen molar-refractivity contribution in [1.82, 2.24) is 9.80 Å². The quantitative estimate of drug-likeness (QED) is 0.730. The molecule has 0 aromatic carbocycles. The Kier molecular flexibility index (Phi) is 5.72. The Bertz CT molecular complexity index is 500. The van der Waals surface area contributed by atoms with Crippen LogP contribution in [0.3, 0.4) is 0 Å². The van der Waals surface area contributed by atoms with Crippen LogP contribution in [-0.2, 0) is 19.1 Å². The van der Waals surface area contributed by atoms with Crippen LogP contribution in [0.2, 0.25) is 0 Å². The number of nitrogens with zero attached hydrogens (tertiary/aromatic N) is 2. The molecule has 0 bridgehead atoms. The summed E-state index contributed by atoms with van der Waals surface area (Å²) in [7, 11) is 1.34. The summed E-state index contributed by atoms with van der Waals surface area (Å²) in [6.07, 6.45) is 1.78. The minimum Gasteiger partial charge on any atom is -0.469 e. The zero-order valence-corrected chi connectivity index (χ0v) is 15.0. The van der Waals surface area contributed by atoms with E-state index in [2.05, 4.69) is 0 Å². The number of carbonyl (C=O) groups excluding carboxylic acids is 3. The van der Waals surface area contributed by atoms with Gasteiger partial charge >= 0.3 is 12.1 Å². The van der Waals surface area contributed by atoms with Crippen LogP contribution in [0.4, 0.5) is 4.79 Å². The van der Waals surface area contributed by atoms with E-state index in [1.807, 2.05) is 20.8 Å². The van der Waals surface area contributed by atoms with E-state index < -0.39 is 5.60 Å². The molecule has 2 saturated heterocycles. The number of piperidine rings is 1. The van der Waals surface area contributed by atoms with Crippen LogP contribution in [-0.4, -0.2) is 66.7 Å². The van der Waals surface area contributed by atoms with E-state index >= 15 is 0 Å². The SMILES string of the molecule is COC(=O)C1CC(=O)N(CC2CCCN(C(=O)OC(C)(C)C)C2)C1. The fourth-order valence-electron chi connectivity index (χ4n) is 3.29. The molecule has 0 aromatic heterocycles. The number of carbonyl (C=O) groups is 3. The molecule has 0 radical (unpaired) electrons. The van der Waals surface area contributed by atoms with Crippen LogP contribution in [0.15, 0.2) is 0 Å². The molecule has 2 unspecified atom stereocenters. The van der Waals surface area contributed by atoms with E-state index in [-0.39, 0.29) is 36.2 Å². The summed E-state index contributed by atoms with van der Waals surface area (Å²) in [6, 6.07) is 0. The Morgan fingerprint density at radius 2 is 1.96 bits per heavy atom. The second kappa shape index (κ2) is 7.40. The second-order valence-corrected chi connectivity index (χ2v) is 7.66. The van der Waals surface area contributed by atoms with Gasteiger partial charge in [0.05, 0.1) is 13.0 Å². The van der Waals surface area contributed by atoms with E-state index in [1.54, 1.807) is 9.80 Å². The summed E-state index contributed by atoms with van der Waals surface area (Å²) < 4.78 is 10.2. The first kappa shape index (κ1) is 18.5. The standard InChI is InChI=1S/C17H28N2O5/c1-17(2,3)24-16(22)18-7-5-6-12(9-18)10-19-11-13(8-14(19)20)15(21)23-4/h12-13H,5-11H2,1-4H3. The number of hydrogen-bond donors (Lipinski definition) is 0. The zero-order valence-electron chi connectivity index (χ0n) is 15.0. The predicted octanol–water partition coefficient (Wildman–Crippen LogP) is 1.65. The van der Waals surface area contributed by atoms with E-state index in [9.17, 15) is 14.4 Å². The van der Waals surface area contributed by atoms with Crippen molar-refractivity contribution in [3.05, 3.63) is 0 Å². The van der Waals surface area contributed by atoms with Crippen molar-refractivity contribution in [2.24, 2.45) is 11.8 Å². The molecule has 2 fully saturated rings. The molecule has 7 heteroatoms. The molecular weight excluding hydrogens is 312 g/mol. The van der Waals surface area contributed by atoms with Gasteiger partial charge in [-0.1, -0.05) is 0 Å². The van der Waals surface area contributed by atoms with Crippen molar-refractivity contribution in [2.75, 3.05) is 33.3 Å². The molecule has 0 aromatic rings. The van der Waals surface area contributed by atoms with Gasteiger partial charge in [0.25, 0.3) is 0 Å². The smallest absolute Gasteiger partial charge is 0.410 e. The minimum atomic E-state index is -0.511. The molecule has 2 atom stereocenters. The molecule has 2 rings (SSSR count). The summed E-state index contributed by atoms with van der Waals surface area (Å²) >= 11 is 0. The Balaban J connectivity index is 1.88. The van der Waals surface area contributed by atoms with Crippen molar-refractivity contribution in [2.45, 2.75) is 45.6 Å². The number of rotatable bonds is 3. The summed E-state index contributed by atoms with van der Waals surface area (Å²) in [4.78, 5) is 39.3. The maximum Gasteiger partial charge on any atom is 0.410 e. The lowest BCUT2D eigenvalue weighted by atomic mass is 9.98. The maximum absolute atomic E-state index is 12.2. The van der Waals surface area contributed by atoms with Crippen LogP contribution < -0.4 is 0 Å². The van der Waals surface area contributed by atoms with Crippen molar-refractivity contribution < 1.29 is 23.9 Å². The third kappa shape index (κ3) is 4.85. The number of methoxy groups -OCH3 is 1. The zero-order chi connectivity index (χ0) is 17.9. The molecule has 0 N–H and O–H groups in total. The van der Waals surface area contributed by atoms with Crippen molar-refractivity contribution in [3.8, 4) is 0 Å². The van der Waals surface area contributed by atoms with Crippen LogP contribution in [0, 0.1) is 11.8 Å². The van der Waals surface area contributed by atoms with E-state index in [1.165, 1.54) is 7.11 Å². The highest BCUT2D eigenvalue weighted by molar-refractivity contribution is 5.86. The first-order chi connectivity index (χ1) is 11.2. The molecule has 0 aliphatic carbocycles. The highest BCUT2D eigenvalue weighted by atomic mass is 16.6. The summed E-state index contributed by atoms with van der Waals surface area (Å²) in [5, 5.41) is 0. The lowest BCUT2D eigenvalue weighted by Crippen LogP contribution is -2.46. The number of esters is 1. The first-order valence-electron chi connectivity index (χ1n) is 8.53. The van der Waals surface area contributed by atoms with Gasteiger partial charge in [0.15, 0.2) is 0 Å². The molecule has 2 aliphatic rings. The largest absolute Gasteiger partial charge is 0.469 e. The van der Waals surface area contributed by atoms with Crippen LogP contribution in [0.5, 0.6) is 0 Å². The summed E-state index contributed by atoms with van der Waals surface area (Å²) in [5.41, 5.74) is -0.511. The molecule has 2 heterocycles. The van der Waals surface area contributed by atoms with Gasteiger partial charge in [0.2, 0.25) is 5.91 Å². The van der Waals surface area contributed by atoms with E-state index in [0.29, 0.717) is 26.2 Å². The minimum absolute atomic E-state index is 0.0141. The topological polar surface area (TPSA) is 76.2 Å². The maximum atomic E-state index is 12.2. The Morgan fingerprint density at radius 1 is 1.25 bits per heavy atom. The third-order valence-corrected chi connectivity index (χ3v) is 4.40. The number of amides is 2. The molecule has 0 saturated carbocycles. The molecule has 24 heavy (non-hydrogen) atoms. The van der Waals surface area contributed by atoms with Gasteiger partial charge in [0, 0.05) is 32.6 Å². The van der Waals surface area contributed by atoms with Crippen LogP contribution in [0.25, 0.3) is 0 Å². The van der Waals surface area contributed by atoms with Gasteiger partial charge in [-0.05, 0) is 39.5 Å². The second-order valence-electron chi connectivity index (χ2n) is 7.66. The monoisotopic (exact) mass is 340 g/mol. The van der Waals surface area contributed by atoms with Gasteiger partial charge in [-0.15, -0.1) is 0 Å². The van der Waals surface area contributed by atoms with Gasteiger partial charge in [-0.2, -0.15) is 0 Å². The van der Waals surface area contributed by atoms with Gasteiger partial charge in [0.1, 0.15) is 5.60 Å². The number of likely N-dealkylation sites (tertiary alicyclic amines) is 2. The lowest BCUT2D eigenvalue weighted by molar-refractivity contribution is -0.145. The Labute approximate surface area is 143 Å². The molecule has 2 aliphatic heterocycles. The van der Waals surface area contributed by atoms with Crippen molar-refractivity contribution in [1.29, 1.82) is 0 Å². The average Bonchev–Trinajstić information content (AvgIpc) is 2.86. The van der Waals surface area contributed by atoms with E-state index in [4.69, 9.17) is 9.47 Å². The summed E-state index contributed by atoms with van der Waals surface area (Å²) in [5.74, 6) is -0.496. The summed E-state index contributed by atoms with van der Waals surface area (Å²) in [6.45, 7) is 7.80. The highest BCUT2D eigenvalue weighted by Crippen LogP contribution is 2.24. The first-order valence-corrected chi connectivity index (χ1v) is 8.53. The number of hydrogen-bond acceptors (Lipinski definition) is 5. The Hall–Kier alpha value is -1.79. The number of ether oxygens (including phenoxy) is 2. The lowest BCUT2D eigenvalue weighted by Gasteiger charge is -2.35. The average molecular weight is 340 g/mol. The molecule has 0 spiro atoms. The van der Waals surface area contributed by atoms with Crippen molar-refractivity contribution >= 4 is 18.0 Å². The fourth-order valence-corrected chi connectivity index (χ4v) is 3.29. The highest BCUT2D eigenvalue weighted by Gasteiger charge is 2.37.